The second-order valence-corrected chi connectivity index (χ2v) is 5.21. The van der Waals surface area contributed by atoms with Gasteiger partial charge in [0.05, 0.1) is 5.92 Å². The second-order valence-electron chi connectivity index (χ2n) is 4.78. The first kappa shape index (κ1) is 14.4. The topological polar surface area (TPSA) is 32.3 Å². The van der Waals surface area contributed by atoms with Gasteiger partial charge in [0.25, 0.3) is 0 Å². The van der Waals surface area contributed by atoms with Crippen molar-refractivity contribution in [3.8, 4) is 0 Å². The monoisotopic (exact) mass is 280 g/mol. The summed E-state index contributed by atoms with van der Waals surface area (Å²) in [5, 5.41) is 3.89. The van der Waals surface area contributed by atoms with Crippen molar-refractivity contribution in [2.75, 3.05) is 19.6 Å². The maximum absolute atomic E-state index is 12.1. The van der Waals surface area contributed by atoms with Gasteiger partial charge in [-0.15, -0.1) is 0 Å². The third-order valence-electron chi connectivity index (χ3n) is 3.62. The number of carbonyl (C=O) groups excluding carboxylic acids is 1. The number of benzene rings is 1. The Labute approximate surface area is 119 Å². The molecule has 4 heteroatoms. The van der Waals surface area contributed by atoms with E-state index >= 15 is 0 Å². The largest absolute Gasteiger partial charge is 0.338 e. The van der Waals surface area contributed by atoms with Crippen LogP contribution in [0.3, 0.4) is 0 Å². The van der Waals surface area contributed by atoms with Crippen molar-refractivity contribution in [1.82, 2.24) is 10.2 Å². The van der Waals surface area contributed by atoms with Gasteiger partial charge in [-0.05, 0) is 29.7 Å². The fraction of sp³-hybridized carbons (Fsp3) is 0.533. The quantitative estimate of drug-likeness (QED) is 0.857. The van der Waals surface area contributed by atoms with E-state index in [1.54, 1.807) is 0 Å². The zero-order chi connectivity index (χ0) is 13.8. The minimum atomic E-state index is 0.190. The predicted molar refractivity (Wildman–Crippen MR) is 78.3 cm³/mol. The molecule has 0 aliphatic carbocycles. The number of rotatable bonds is 1. The Balaban J connectivity index is 0.000000637. The molecule has 3 rings (SSSR count). The van der Waals surface area contributed by atoms with Crippen LogP contribution < -0.4 is 5.32 Å². The van der Waals surface area contributed by atoms with E-state index in [-0.39, 0.29) is 11.8 Å². The first-order valence-electron chi connectivity index (χ1n) is 7.01. The molecule has 2 aliphatic heterocycles. The van der Waals surface area contributed by atoms with E-state index in [0.717, 1.165) is 31.1 Å². The van der Waals surface area contributed by atoms with E-state index in [1.165, 1.54) is 11.1 Å². The normalized spacial score (nSPS) is 17.9. The average molecular weight is 281 g/mol. The Morgan fingerprint density at radius 2 is 2.05 bits per heavy atom. The van der Waals surface area contributed by atoms with Gasteiger partial charge in [-0.25, -0.2) is 0 Å². The van der Waals surface area contributed by atoms with Gasteiger partial charge in [-0.1, -0.05) is 31.5 Å². The van der Waals surface area contributed by atoms with Crippen molar-refractivity contribution >= 4 is 17.5 Å². The Bertz CT molecular complexity index is 457. The minimum Gasteiger partial charge on any atom is -0.338 e. The van der Waals surface area contributed by atoms with E-state index < -0.39 is 0 Å². The summed E-state index contributed by atoms with van der Waals surface area (Å²) in [4.78, 5) is 14.1. The van der Waals surface area contributed by atoms with Crippen LogP contribution in [0.4, 0.5) is 0 Å². The van der Waals surface area contributed by atoms with Crippen molar-refractivity contribution < 1.29 is 4.79 Å². The van der Waals surface area contributed by atoms with Crippen LogP contribution in [0.15, 0.2) is 18.2 Å². The summed E-state index contributed by atoms with van der Waals surface area (Å²) in [7, 11) is 0. The van der Waals surface area contributed by atoms with Gasteiger partial charge in [0.15, 0.2) is 0 Å². The number of nitrogens with one attached hydrogen (secondary N) is 1. The van der Waals surface area contributed by atoms with E-state index in [0.29, 0.717) is 6.54 Å². The number of carbonyl (C=O) groups is 1. The lowest BCUT2D eigenvalue weighted by molar-refractivity contribution is -0.138. The molecular formula is C15H21ClN2O. The molecule has 1 N–H and O–H groups in total. The van der Waals surface area contributed by atoms with Gasteiger partial charge in [0.2, 0.25) is 5.91 Å². The highest BCUT2D eigenvalue weighted by atomic mass is 35.5. The second kappa shape index (κ2) is 6.40. The molecule has 2 heterocycles. The fourth-order valence-electron chi connectivity index (χ4n) is 2.44. The summed E-state index contributed by atoms with van der Waals surface area (Å²) < 4.78 is 0. The van der Waals surface area contributed by atoms with Gasteiger partial charge in [0, 0.05) is 31.2 Å². The molecule has 1 saturated heterocycles. The summed E-state index contributed by atoms with van der Waals surface area (Å²) in [6.45, 7) is 7.21. The molecule has 19 heavy (non-hydrogen) atoms. The van der Waals surface area contributed by atoms with E-state index in [1.807, 2.05) is 30.9 Å². The van der Waals surface area contributed by atoms with E-state index in [2.05, 4.69) is 11.4 Å². The molecule has 3 nitrogen and oxygen atoms in total. The first-order chi connectivity index (χ1) is 9.24. The summed E-state index contributed by atoms with van der Waals surface area (Å²) in [5.74, 6) is 0.477. The molecule has 2 aliphatic rings. The molecule has 0 radical (unpaired) electrons. The fourth-order valence-corrected chi connectivity index (χ4v) is 2.63. The molecule has 1 aromatic rings. The highest BCUT2D eigenvalue weighted by Gasteiger charge is 2.30. The zero-order valence-corrected chi connectivity index (χ0v) is 12.3. The zero-order valence-electron chi connectivity index (χ0n) is 11.6. The molecule has 0 aromatic heterocycles. The Kier molecular flexibility index (Phi) is 4.83. The molecule has 0 atom stereocenters. The Hall–Kier alpha value is -1.06. The van der Waals surface area contributed by atoms with Crippen LogP contribution in [0.1, 0.15) is 25.0 Å². The maximum atomic E-state index is 12.1. The maximum Gasteiger partial charge on any atom is 0.228 e. The minimum absolute atomic E-state index is 0.190. The van der Waals surface area contributed by atoms with Crippen LogP contribution in [0.25, 0.3) is 0 Å². The predicted octanol–water partition coefficient (Wildman–Crippen LogP) is 2.47. The van der Waals surface area contributed by atoms with Crippen molar-refractivity contribution in [3.05, 3.63) is 34.3 Å². The molecule has 1 aromatic carbocycles. The molecule has 1 fully saturated rings. The van der Waals surface area contributed by atoms with Gasteiger partial charge < -0.3 is 10.2 Å². The SMILES string of the molecule is CC.O=C(C1CNC1)N1CCc2ccc(Cl)cc2C1. The van der Waals surface area contributed by atoms with E-state index in [4.69, 9.17) is 11.6 Å². The first-order valence-corrected chi connectivity index (χ1v) is 7.38. The lowest BCUT2D eigenvalue weighted by Gasteiger charge is -2.35. The number of fused-ring (bicyclic) bond motifs is 1. The number of hydrogen-bond donors (Lipinski definition) is 1. The Morgan fingerprint density at radius 3 is 2.68 bits per heavy atom. The lowest BCUT2D eigenvalue weighted by Crippen LogP contribution is -2.52. The number of amides is 1. The number of nitrogens with zero attached hydrogens (tertiary/aromatic N) is 1. The van der Waals surface area contributed by atoms with Gasteiger partial charge in [-0.3, -0.25) is 4.79 Å². The molecule has 0 unspecified atom stereocenters. The van der Waals surface area contributed by atoms with Crippen LogP contribution in [0, 0.1) is 5.92 Å². The van der Waals surface area contributed by atoms with Crippen molar-refractivity contribution in [2.45, 2.75) is 26.8 Å². The summed E-state index contributed by atoms with van der Waals surface area (Å²) in [6, 6.07) is 5.98. The number of hydrogen-bond acceptors (Lipinski definition) is 2. The molecule has 0 bridgehead atoms. The summed E-state index contributed by atoms with van der Waals surface area (Å²) in [6.07, 6.45) is 0.943. The van der Waals surface area contributed by atoms with Crippen molar-refractivity contribution in [3.63, 3.8) is 0 Å². The molecule has 0 spiro atoms. The molecule has 1 amide bonds. The highest BCUT2D eigenvalue weighted by Crippen LogP contribution is 2.24. The van der Waals surface area contributed by atoms with Crippen LogP contribution in [0.2, 0.25) is 5.02 Å². The smallest absolute Gasteiger partial charge is 0.228 e. The summed E-state index contributed by atoms with van der Waals surface area (Å²) >= 11 is 5.99. The molecule has 104 valence electrons. The summed E-state index contributed by atoms with van der Waals surface area (Å²) in [5.41, 5.74) is 2.52. The van der Waals surface area contributed by atoms with Crippen molar-refractivity contribution in [2.24, 2.45) is 5.92 Å². The molecule has 0 saturated carbocycles. The van der Waals surface area contributed by atoms with Gasteiger partial charge in [-0.2, -0.15) is 0 Å². The number of halogens is 1. The molecular weight excluding hydrogens is 260 g/mol. The van der Waals surface area contributed by atoms with Crippen LogP contribution in [0.5, 0.6) is 0 Å². The van der Waals surface area contributed by atoms with Gasteiger partial charge >= 0.3 is 0 Å². The third kappa shape index (κ3) is 3.10. The van der Waals surface area contributed by atoms with Crippen molar-refractivity contribution in [1.29, 1.82) is 0 Å². The van der Waals surface area contributed by atoms with Crippen LogP contribution >= 0.6 is 11.6 Å². The lowest BCUT2D eigenvalue weighted by atomic mass is 9.96. The van der Waals surface area contributed by atoms with E-state index in [9.17, 15) is 4.79 Å². The third-order valence-corrected chi connectivity index (χ3v) is 3.86. The highest BCUT2D eigenvalue weighted by molar-refractivity contribution is 6.30. The van der Waals surface area contributed by atoms with Crippen LogP contribution in [-0.2, 0) is 17.8 Å². The Morgan fingerprint density at radius 1 is 1.32 bits per heavy atom. The van der Waals surface area contributed by atoms with Gasteiger partial charge in [0.1, 0.15) is 0 Å². The van der Waals surface area contributed by atoms with Crippen LogP contribution in [-0.4, -0.2) is 30.4 Å². The standard InChI is InChI=1S/C13H15ClN2O.C2H6/c14-12-2-1-9-3-4-16(8-10(9)5-12)13(17)11-6-15-7-11;1-2/h1-2,5,11,15H,3-4,6-8H2;1-2H3. The average Bonchev–Trinajstić information content (AvgIpc) is 2.38.